The van der Waals surface area contributed by atoms with Gasteiger partial charge in [-0.1, -0.05) is 34.1 Å². The van der Waals surface area contributed by atoms with Crippen LogP contribution in [0.25, 0.3) is 11.8 Å². The SMILES string of the molecule is Cc1cc(-n2c(C)cc(/C=C3\NC(=S)N(c4ccccc4)C3=O)c2C)cc(C)c1Br. The average Bonchev–Trinajstić information content (AvgIpc) is 3.14. The van der Waals surface area contributed by atoms with Crippen molar-refractivity contribution in [3.05, 3.63) is 86.8 Å². The van der Waals surface area contributed by atoms with Crippen LogP contribution in [0.1, 0.15) is 28.1 Å². The van der Waals surface area contributed by atoms with Gasteiger partial charge in [0.25, 0.3) is 5.91 Å². The maximum atomic E-state index is 13.0. The number of halogens is 1. The van der Waals surface area contributed by atoms with E-state index in [0.717, 1.165) is 32.8 Å². The van der Waals surface area contributed by atoms with Crippen molar-refractivity contribution in [1.82, 2.24) is 9.88 Å². The minimum Gasteiger partial charge on any atom is -0.327 e. The molecule has 1 N–H and O–H groups in total. The molecule has 1 aromatic heterocycles. The molecular formula is C24H22BrN3OS. The van der Waals surface area contributed by atoms with Crippen LogP contribution in [-0.2, 0) is 4.79 Å². The summed E-state index contributed by atoms with van der Waals surface area (Å²) in [6.45, 7) is 8.33. The molecule has 2 aromatic carbocycles. The third kappa shape index (κ3) is 3.50. The number of carbonyl (C=O) groups excluding carboxylic acids is 1. The lowest BCUT2D eigenvalue weighted by Crippen LogP contribution is -2.30. The second-order valence-corrected chi connectivity index (χ2v) is 8.70. The Hall–Kier alpha value is -2.70. The van der Waals surface area contributed by atoms with Crippen molar-refractivity contribution in [3.8, 4) is 5.69 Å². The number of benzene rings is 2. The van der Waals surface area contributed by atoms with Crippen molar-refractivity contribution >= 4 is 50.9 Å². The third-order valence-electron chi connectivity index (χ3n) is 5.34. The number of anilines is 1. The van der Waals surface area contributed by atoms with E-state index >= 15 is 0 Å². The Balaban J connectivity index is 1.73. The van der Waals surface area contributed by atoms with E-state index < -0.39 is 0 Å². The van der Waals surface area contributed by atoms with E-state index in [0.29, 0.717) is 10.8 Å². The van der Waals surface area contributed by atoms with Crippen LogP contribution >= 0.6 is 28.1 Å². The minimum atomic E-state index is -0.147. The summed E-state index contributed by atoms with van der Waals surface area (Å²) in [5.74, 6) is -0.147. The maximum absolute atomic E-state index is 13.0. The van der Waals surface area contributed by atoms with Crippen LogP contribution in [0, 0.1) is 27.7 Å². The van der Waals surface area contributed by atoms with Gasteiger partial charge in [-0.2, -0.15) is 0 Å². The quantitative estimate of drug-likeness (QED) is 0.384. The summed E-state index contributed by atoms with van der Waals surface area (Å²) < 4.78 is 3.34. The summed E-state index contributed by atoms with van der Waals surface area (Å²) in [7, 11) is 0. The van der Waals surface area contributed by atoms with Crippen molar-refractivity contribution in [1.29, 1.82) is 0 Å². The first-order chi connectivity index (χ1) is 14.3. The number of para-hydroxylation sites is 1. The van der Waals surface area contributed by atoms with Gasteiger partial charge < -0.3 is 9.88 Å². The number of carbonyl (C=O) groups is 1. The van der Waals surface area contributed by atoms with E-state index in [4.69, 9.17) is 12.2 Å². The van der Waals surface area contributed by atoms with Crippen molar-refractivity contribution < 1.29 is 4.79 Å². The number of thiocarbonyl (C=S) groups is 1. The molecule has 30 heavy (non-hydrogen) atoms. The highest BCUT2D eigenvalue weighted by Gasteiger charge is 2.32. The number of amides is 1. The molecular weight excluding hydrogens is 458 g/mol. The zero-order valence-electron chi connectivity index (χ0n) is 17.3. The summed E-state index contributed by atoms with van der Waals surface area (Å²) in [6.07, 6.45) is 1.88. The third-order valence-corrected chi connectivity index (χ3v) is 6.88. The van der Waals surface area contributed by atoms with Crippen molar-refractivity contribution in [2.75, 3.05) is 4.90 Å². The molecule has 0 saturated carbocycles. The van der Waals surface area contributed by atoms with Crippen molar-refractivity contribution in [2.45, 2.75) is 27.7 Å². The van der Waals surface area contributed by atoms with E-state index in [1.165, 1.54) is 16.0 Å². The lowest BCUT2D eigenvalue weighted by molar-refractivity contribution is -0.113. The molecule has 0 unspecified atom stereocenters. The van der Waals surface area contributed by atoms with Gasteiger partial charge in [0.15, 0.2) is 5.11 Å². The van der Waals surface area contributed by atoms with Gasteiger partial charge in [-0.25, -0.2) is 0 Å². The smallest absolute Gasteiger partial charge is 0.281 e. The summed E-state index contributed by atoms with van der Waals surface area (Å²) in [6, 6.07) is 15.9. The molecule has 1 aliphatic heterocycles. The van der Waals surface area contributed by atoms with E-state index in [1.54, 1.807) is 0 Å². The summed E-state index contributed by atoms with van der Waals surface area (Å²) in [5, 5.41) is 3.47. The van der Waals surface area contributed by atoms with Crippen LogP contribution in [0.5, 0.6) is 0 Å². The predicted molar refractivity (Wildman–Crippen MR) is 130 cm³/mol. The fraction of sp³-hybridized carbons (Fsp3) is 0.167. The normalized spacial score (nSPS) is 15.2. The first-order valence-electron chi connectivity index (χ1n) is 9.66. The monoisotopic (exact) mass is 479 g/mol. The summed E-state index contributed by atoms with van der Waals surface area (Å²) >= 11 is 9.06. The average molecular weight is 480 g/mol. The molecule has 4 rings (SSSR count). The fourth-order valence-corrected chi connectivity index (χ4v) is 4.41. The van der Waals surface area contributed by atoms with Gasteiger partial charge in [0, 0.05) is 21.5 Å². The number of hydrogen-bond acceptors (Lipinski definition) is 2. The van der Waals surface area contributed by atoms with Crippen LogP contribution < -0.4 is 10.2 Å². The van der Waals surface area contributed by atoms with Gasteiger partial charge in [0.05, 0.1) is 5.69 Å². The Morgan fingerprint density at radius 3 is 2.23 bits per heavy atom. The summed E-state index contributed by atoms with van der Waals surface area (Å²) in [4.78, 5) is 14.5. The van der Waals surface area contributed by atoms with Gasteiger partial charge >= 0.3 is 0 Å². The zero-order valence-corrected chi connectivity index (χ0v) is 19.7. The van der Waals surface area contributed by atoms with E-state index in [-0.39, 0.29) is 5.91 Å². The van der Waals surface area contributed by atoms with Gasteiger partial charge in [-0.3, -0.25) is 9.69 Å². The van der Waals surface area contributed by atoms with Crippen LogP contribution in [0.4, 0.5) is 5.69 Å². The highest BCUT2D eigenvalue weighted by molar-refractivity contribution is 9.10. The Bertz CT molecular complexity index is 1190. The van der Waals surface area contributed by atoms with Crippen molar-refractivity contribution in [2.24, 2.45) is 0 Å². The van der Waals surface area contributed by atoms with Crippen molar-refractivity contribution in [3.63, 3.8) is 0 Å². The number of aryl methyl sites for hydroxylation is 3. The highest BCUT2D eigenvalue weighted by Crippen LogP contribution is 2.29. The molecule has 1 aliphatic rings. The molecule has 152 valence electrons. The number of hydrogen-bond donors (Lipinski definition) is 1. The molecule has 0 bridgehead atoms. The second-order valence-electron chi connectivity index (χ2n) is 7.52. The number of nitrogens with one attached hydrogen (secondary N) is 1. The molecule has 0 spiro atoms. The highest BCUT2D eigenvalue weighted by atomic mass is 79.9. The molecule has 1 amide bonds. The van der Waals surface area contributed by atoms with Gasteiger partial charge in [-0.15, -0.1) is 0 Å². The Kier molecular flexibility index (Phi) is 5.38. The molecule has 4 nitrogen and oxygen atoms in total. The van der Waals surface area contributed by atoms with Crippen LogP contribution in [0.3, 0.4) is 0 Å². The minimum absolute atomic E-state index is 0.147. The second kappa shape index (κ2) is 7.85. The molecule has 3 aromatic rings. The van der Waals surface area contributed by atoms with E-state index in [2.05, 4.69) is 71.7 Å². The maximum Gasteiger partial charge on any atom is 0.281 e. The lowest BCUT2D eigenvalue weighted by Gasteiger charge is -2.13. The molecule has 0 aliphatic carbocycles. The number of rotatable bonds is 3. The largest absolute Gasteiger partial charge is 0.327 e. The van der Waals surface area contributed by atoms with E-state index in [9.17, 15) is 4.79 Å². The van der Waals surface area contributed by atoms with Gasteiger partial charge in [-0.05, 0) is 93.0 Å². The predicted octanol–water partition coefficient (Wildman–Crippen LogP) is 5.74. The topological polar surface area (TPSA) is 37.3 Å². The van der Waals surface area contributed by atoms with E-state index in [1.807, 2.05) is 36.4 Å². The first kappa shape index (κ1) is 20.6. The standard InChI is InChI=1S/C24H22BrN3OS/c1-14-10-20(11-15(2)22(14)25)27-16(3)12-18(17(27)4)13-21-23(29)28(24(30)26-21)19-8-6-5-7-9-19/h5-13H,1-4H3,(H,26,30)/b21-13-. The Labute approximate surface area is 190 Å². The molecule has 6 heteroatoms. The number of nitrogens with zero attached hydrogens (tertiary/aromatic N) is 2. The van der Waals surface area contributed by atoms with Gasteiger partial charge in [0.1, 0.15) is 5.70 Å². The van der Waals surface area contributed by atoms with Gasteiger partial charge in [0.2, 0.25) is 0 Å². The molecule has 1 saturated heterocycles. The Morgan fingerprint density at radius 2 is 1.60 bits per heavy atom. The number of aromatic nitrogens is 1. The fourth-order valence-electron chi connectivity index (χ4n) is 3.89. The molecule has 0 radical (unpaired) electrons. The molecule has 0 atom stereocenters. The first-order valence-corrected chi connectivity index (χ1v) is 10.9. The zero-order chi connectivity index (χ0) is 21.6. The lowest BCUT2D eigenvalue weighted by atomic mass is 10.1. The summed E-state index contributed by atoms with van der Waals surface area (Å²) in [5.41, 5.74) is 7.89. The molecule has 1 fully saturated rings. The van der Waals surface area contributed by atoms with Crippen LogP contribution in [0.2, 0.25) is 0 Å². The Morgan fingerprint density at radius 1 is 0.967 bits per heavy atom. The van der Waals surface area contributed by atoms with Crippen LogP contribution in [-0.4, -0.2) is 15.6 Å². The molecule has 2 heterocycles. The van der Waals surface area contributed by atoms with Crippen LogP contribution in [0.15, 0.2) is 58.7 Å².